The molecule has 1 unspecified atom stereocenters. The number of nitrogens with one attached hydrogen (secondary N) is 2. The molecule has 0 spiro atoms. The summed E-state index contributed by atoms with van der Waals surface area (Å²) in [7, 11) is 0. The summed E-state index contributed by atoms with van der Waals surface area (Å²) in [5.41, 5.74) is 4.45. The number of rotatable bonds is 4. The average molecular weight is 370 g/mol. The van der Waals surface area contributed by atoms with E-state index in [-0.39, 0.29) is 17.7 Å². The number of aliphatic imine (C=N–C) groups is 1. The molecule has 0 fully saturated rings. The van der Waals surface area contributed by atoms with Crippen LogP contribution in [-0.4, -0.2) is 30.0 Å². The van der Waals surface area contributed by atoms with Gasteiger partial charge < -0.3 is 10.6 Å². The van der Waals surface area contributed by atoms with Gasteiger partial charge in [0.2, 0.25) is 0 Å². The van der Waals surface area contributed by atoms with E-state index in [1.54, 1.807) is 24.3 Å². The Morgan fingerprint density at radius 2 is 2.00 bits per heavy atom. The zero-order valence-electron chi connectivity index (χ0n) is 14.9. The topological polar surface area (TPSA) is 70.6 Å². The van der Waals surface area contributed by atoms with Crippen LogP contribution in [0.5, 0.6) is 0 Å². The summed E-state index contributed by atoms with van der Waals surface area (Å²) < 4.78 is 0. The van der Waals surface area contributed by atoms with Crippen molar-refractivity contribution in [3.63, 3.8) is 0 Å². The smallest absolute Gasteiger partial charge is 0.251 e. The number of anilines is 1. The van der Waals surface area contributed by atoms with Crippen molar-refractivity contribution in [1.82, 2.24) is 5.32 Å². The first-order valence-corrected chi connectivity index (χ1v) is 8.76. The number of hydrogen-bond donors (Lipinski definition) is 2. The highest BCUT2D eigenvalue weighted by atomic mass is 35.5. The summed E-state index contributed by atoms with van der Waals surface area (Å²) >= 11 is 6.03. The van der Waals surface area contributed by atoms with Gasteiger partial charge in [-0.1, -0.05) is 17.7 Å². The molecular weight excluding hydrogens is 350 g/mol. The highest BCUT2D eigenvalue weighted by Gasteiger charge is 2.19. The minimum absolute atomic E-state index is 0.0113. The Bertz CT molecular complexity index is 921. The van der Waals surface area contributed by atoms with Crippen molar-refractivity contribution in [3.8, 4) is 0 Å². The fourth-order valence-corrected chi connectivity index (χ4v) is 3.11. The molecule has 1 atom stereocenters. The molecule has 6 heteroatoms. The van der Waals surface area contributed by atoms with Crippen molar-refractivity contribution < 1.29 is 9.59 Å². The highest BCUT2D eigenvalue weighted by molar-refractivity contribution is 6.31. The van der Waals surface area contributed by atoms with Gasteiger partial charge in [0.15, 0.2) is 5.78 Å². The van der Waals surface area contributed by atoms with Crippen molar-refractivity contribution in [2.75, 3.05) is 11.9 Å². The van der Waals surface area contributed by atoms with Gasteiger partial charge in [0, 0.05) is 16.1 Å². The molecular formula is C20H20ClN3O2. The van der Waals surface area contributed by atoms with Gasteiger partial charge in [-0.2, -0.15) is 0 Å². The molecule has 26 heavy (non-hydrogen) atoms. The Morgan fingerprint density at radius 1 is 1.23 bits per heavy atom. The van der Waals surface area contributed by atoms with Crippen LogP contribution >= 0.6 is 11.6 Å². The zero-order valence-corrected chi connectivity index (χ0v) is 15.6. The summed E-state index contributed by atoms with van der Waals surface area (Å²) in [6.07, 6.45) is 0. The van der Waals surface area contributed by atoms with Gasteiger partial charge in [-0.3, -0.25) is 14.6 Å². The second-order valence-electron chi connectivity index (χ2n) is 6.40. The highest BCUT2D eigenvalue weighted by Crippen LogP contribution is 2.31. The third-order valence-electron chi connectivity index (χ3n) is 4.40. The number of halogens is 1. The monoisotopic (exact) mass is 369 g/mol. The van der Waals surface area contributed by atoms with Crippen LogP contribution in [0.25, 0.3) is 0 Å². The lowest BCUT2D eigenvalue weighted by Gasteiger charge is -2.23. The summed E-state index contributed by atoms with van der Waals surface area (Å²) in [5, 5.41) is 6.86. The molecule has 1 aliphatic rings. The number of carbonyl (C=O) groups excluding carboxylic acids is 2. The van der Waals surface area contributed by atoms with Gasteiger partial charge in [0.25, 0.3) is 5.91 Å². The van der Waals surface area contributed by atoms with E-state index >= 15 is 0 Å². The van der Waals surface area contributed by atoms with Crippen LogP contribution in [-0.2, 0) is 0 Å². The van der Waals surface area contributed by atoms with E-state index in [0.717, 1.165) is 22.6 Å². The van der Waals surface area contributed by atoms with E-state index in [2.05, 4.69) is 15.6 Å². The van der Waals surface area contributed by atoms with Crippen LogP contribution in [0.4, 0.5) is 11.4 Å². The Labute approximate surface area is 157 Å². The fraction of sp³-hybridized carbons (Fsp3) is 0.250. The van der Waals surface area contributed by atoms with Crippen LogP contribution in [0.3, 0.4) is 0 Å². The molecule has 2 aromatic rings. The Balaban J connectivity index is 1.76. The zero-order chi connectivity index (χ0) is 18.8. The standard InChI is InChI=1S/C20H20ClN3O2/c1-11-8-14(4-6-16(11)13(3)25)20(26)23-12(2)19-10-22-17-7-5-15(21)9-18(17)24-19/h4-9,12,22H,10H2,1-3H3,(H,23,26). The lowest BCUT2D eigenvalue weighted by atomic mass is 10.0. The van der Waals surface area contributed by atoms with Gasteiger partial charge in [0.1, 0.15) is 0 Å². The fourth-order valence-electron chi connectivity index (χ4n) is 2.94. The van der Waals surface area contributed by atoms with Crippen molar-refractivity contribution in [2.45, 2.75) is 26.8 Å². The van der Waals surface area contributed by atoms with E-state index in [4.69, 9.17) is 11.6 Å². The molecule has 0 radical (unpaired) electrons. The van der Waals surface area contributed by atoms with E-state index in [1.807, 2.05) is 26.0 Å². The Morgan fingerprint density at radius 3 is 2.69 bits per heavy atom. The number of nitrogens with zero attached hydrogens (tertiary/aromatic N) is 1. The molecule has 2 aromatic carbocycles. The lowest BCUT2D eigenvalue weighted by molar-refractivity contribution is 0.0946. The molecule has 1 amide bonds. The minimum atomic E-state index is -0.241. The van der Waals surface area contributed by atoms with Crippen molar-refractivity contribution >= 4 is 40.4 Å². The second kappa shape index (κ2) is 7.30. The number of Topliss-reactive ketones (excluding diaryl/α,β-unsaturated/α-hetero) is 1. The number of ketones is 1. The van der Waals surface area contributed by atoms with Crippen molar-refractivity contribution in [1.29, 1.82) is 0 Å². The SMILES string of the molecule is CC(=O)c1ccc(C(=O)NC(C)C2=Nc3cc(Cl)ccc3NC2)cc1C. The van der Waals surface area contributed by atoms with Crippen LogP contribution in [0.1, 0.15) is 40.1 Å². The number of amides is 1. The molecule has 0 aliphatic carbocycles. The number of aryl methyl sites for hydroxylation is 1. The maximum atomic E-state index is 12.5. The molecule has 2 N–H and O–H groups in total. The molecule has 0 aromatic heterocycles. The summed E-state index contributed by atoms with van der Waals surface area (Å²) in [6, 6.07) is 10.3. The third kappa shape index (κ3) is 3.78. The molecule has 0 saturated carbocycles. The second-order valence-corrected chi connectivity index (χ2v) is 6.84. The first-order valence-electron chi connectivity index (χ1n) is 8.38. The van der Waals surface area contributed by atoms with Crippen LogP contribution in [0, 0.1) is 6.92 Å². The van der Waals surface area contributed by atoms with E-state index in [1.165, 1.54) is 6.92 Å². The van der Waals surface area contributed by atoms with E-state index in [9.17, 15) is 9.59 Å². The predicted octanol–water partition coefficient (Wildman–Crippen LogP) is 4.17. The van der Waals surface area contributed by atoms with Gasteiger partial charge in [-0.25, -0.2) is 0 Å². The maximum Gasteiger partial charge on any atom is 0.251 e. The van der Waals surface area contributed by atoms with Gasteiger partial charge in [0.05, 0.1) is 29.7 Å². The van der Waals surface area contributed by atoms with Crippen LogP contribution < -0.4 is 10.6 Å². The molecule has 1 heterocycles. The largest absolute Gasteiger partial charge is 0.378 e. The van der Waals surface area contributed by atoms with Crippen LogP contribution in [0.2, 0.25) is 5.02 Å². The quantitative estimate of drug-likeness (QED) is 0.794. The average Bonchev–Trinajstić information content (AvgIpc) is 2.60. The van der Waals surface area contributed by atoms with Gasteiger partial charge in [-0.05, 0) is 56.7 Å². The third-order valence-corrected chi connectivity index (χ3v) is 4.63. The Kier molecular flexibility index (Phi) is 5.09. The van der Waals surface area contributed by atoms with Crippen LogP contribution in [0.15, 0.2) is 41.4 Å². The number of fused-ring (bicyclic) bond motifs is 1. The maximum absolute atomic E-state index is 12.5. The van der Waals surface area contributed by atoms with Gasteiger partial charge in [-0.15, -0.1) is 0 Å². The predicted molar refractivity (Wildman–Crippen MR) is 105 cm³/mol. The molecule has 1 aliphatic heterocycles. The molecule has 134 valence electrons. The van der Waals surface area contributed by atoms with Crippen molar-refractivity contribution in [2.24, 2.45) is 4.99 Å². The molecule has 0 saturated heterocycles. The Hall–Kier alpha value is -2.66. The molecule has 0 bridgehead atoms. The number of benzene rings is 2. The first-order chi connectivity index (χ1) is 12.3. The summed E-state index contributed by atoms with van der Waals surface area (Å²) in [5.74, 6) is -0.210. The van der Waals surface area contributed by atoms with E-state index in [0.29, 0.717) is 22.7 Å². The van der Waals surface area contributed by atoms with Crippen molar-refractivity contribution in [3.05, 3.63) is 58.1 Å². The normalized spacial score (nSPS) is 13.9. The summed E-state index contributed by atoms with van der Waals surface area (Å²) in [6.45, 7) is 5.79. The molecule has 5 nitrogen and oxygen atoms in total. The molecule has 3 rings (SSSR count). The van der Waals surface area contributed by atoms with Gasteiger partial charge >= 0.3 is 0 Å². The minimum Gasteiger partial charge on any atom is -0.378 e. The lowest BCUT2D eigenvalue weighted by Crippen LogP contribution is -2.42. The van der Waals surface area contributed by atoms with E-state index < -0.39 is 0 Å². The number of hydrogen-bond acceptors (Lipinski definition) is 4. The number of carbonyl (C=O) groups is 2. The summed E-state index contributed by atoms with van der Waals surface area (Å²) in [4.78, 5) is 28.7. The first kappa shape index (κ1) is 18.1.